The van der Waals surface area contributed by atoms with Crippen molar-refractivity contribution in [2.75, 3.05) is 11.9 Å². The molecule has 2 N–H and O–H groups in total. The van der Waals surface area contributed by atoms with Gasteiger partial charge in [-0.15, -0.1) is 0 Å². The number of carbonyl (C=O) groups excluding carboxylic acids is 1. The molecule has 1 fully saturated rings. The highest BCUT2D eigenvalue weighted by Crippen LogP contribution is 2.19. The van der Waals surface area contributed by atoms with Gasteiger partial charge in [-0.2, -0.15) is 0 Å². The third-order valence-corrected chi connectivity index (χ3v) is 3.73. The Hall–Kier alpha value is -0.940. The van der Waals surface area contributed by atoms with Crippen LogP contribution in [0.25, 0.3) is 0 Å². The minimum absolute atomic E-state index is 0.0359. The summed E-state index contributed by atoms with van der Waals surface area (Å²) < 4.78 is 0.780. The Morgan fingerprint density at radius 1 is 1.56 bits per heavy atom. The quantitative estimate of drug-likeness (QED) is 0.825. The summed E-state index contributed by atoms with van der Waals surface area (Å²) in [5.74, 6) is 0.639. The van der Waals surface area contributed by atoms with Crippen LogP contribution in [0.15, 0.2) is 16.7 Å². The lowest BCUT2D eigenvalue weighted by atomic mass is 9.94. The van der Waals surface area contributed by atoms with Crippen LogP contribution in [0.4, 0.5) is 5.69 Å². The normalized spacial score (nSPS) is 23.7. The van der Waals surface area contributed by atoms with Crippen molar-refractivity contribution < 1.29 is 4.79 Å². The van der Waals surface area contributed by atoms with Gasteiger partial charge in [0.05, 0.1) is 17.4 Å². The molecule has 5 heteroatoms. The standard InChI is InChI=1S/C13H18BrN3O/c1-8-5-6-15-11(7-8)13(18)17-10-3-4-12(14)16-9(10)2/h3-4,8,11,15H,5-7H2,1-2H3,(H,17,18). The molecule has 2 atom stereocenters. The predicted molar refractivity (Wildman–Crippen MR) is 75.5 cm³/mol. The van der Waals surface area contributed by atoms with Crippen LogP contribution in [0.5, 0.6) is 0 Å². The van der Waals surface area contributed by atoms with Crippen LogP contribution in [0.1, 0.15) is 25.5 Å². The highest BCUT2D eigenvalue weighted by Gasteiger charge is 2.24. The number of halogens is 1. The van der Waals surface area contributed by atoms with Gasteiger partial charge in [0.15, 0.2) is 0 Å². The number of rotatable bonds is 2. The molecule has 98 valence electrons. The zero-order chi connectivity index (χ0) is 13.1. The number of amides is 1. The van der Waals surface area contributed by atoms with Gasteiger partial charge < -0.3 is 10.6 Å². The number of aromatic nitrogens is 1. The number of anilines is 1. The summed E-state index contributed by atoms with van der Waals surface area (Å²) in [5, 5.41) is 6.20. The van der Waals surface area contributed by atoms with Crippen LogP contribution in [0.3, 0.4) is 0 Å². The Bertz CT molecular complexity index is 450. The number of hydrogen-bond acceptors (Lipinski definition) is 3. The van der Waals surface area contributed by atoms with E-state index in [0.29, 0.717) is 5.92 Å². The number of carbonyl (C=O) groups is 1. The zero-order valence-corrected chi connectivity index (χ0v) is 12.3. The van der Waals surface area contributed by atoms with Crippen LogP contribution in [-0.4, -0.2) is 23.5 Å². The lowest BCUT2D eigenvalue weighted by Crippen LogP contribution is -2.45. The van der Waals surface area contributed by atoms with Crippen LogP contribution >= 0.6 is 15.9 Å². The molecule has 2 heterocycles. The van der Waals surface area contributed by atoms with Crippen molar-refractivity contribution >= 4 is 27.5 Å². The summed E-state index contributed by atoms with van der Waals surface area (Å²) in [4.78, 5) is 16.4. The van der Waals surface area contributed by atoms with E-state index in [1.165, 1.54) is 0 Å². The molecule has 0 saturated carbocycles. The number of hydrogen-bond donors (Lipinski definition) is 2. The molecular weight excluding hydrogens is 294 g/mol. The lowest BCUT2D eigenvalue weighted by molar-refractivity contribution is -0.119. The molecule has 0 radical (unpaired) electrons. The molecule has 4 nitrogen and oxygen atoms in total. The fourth-order valence-corrected chi connectivity index (χ4v) is 2.59. The van der Waals surface area contributed by atoms with Crippen molar-refractivity contribution in [1.29, 1.82) is 0 Å². The first-order valence-electron chi connectivity index (χ1n) is 6.23. The second kappa shape index (κ2) is 5.80. The minimum Gasteiger partial charge on any atom is -0.323 e. The van der Waals surface area contributed by atoms with Gasteiger partial charge in [0.2, 0.25) is 5.91 Å². The molecule has 0 spiro atoms. The number of pyridine rings is 1. The van der Waals surface area contributed by atoms with Crippen molar-refractivity contribution in [1.82, 2.24) is 10.3 Å². The Labute approximate surface area is 116 Å². The second-order valence-corrected chi connectivity index (χ2v) is 5.70. The summed E-state index contributed by atoms with van der Waals surface area (Å²) >= 11 is 3.31. The highest BCUT2D eigenvalue weighted by molar-refractivity contribution is 9.10. The average Bonchev–Trinajstić information content (AvgIpc) is 2.32. The van der Waals surface area contributed by atoms with Crippen molar-refractivity contribution in [2.45, 2.75) is 32.7 Å². The van der Waals surface area contributed by atoms with Gasteiger partial charge in [0.1, 0.15) is 4.60 Å². The van der Waals surface area contributed by atoms with E-state index in [0.717, 1.165) is 35.4 Å². The van der Waals surface area contributed by atoms with Gasteiger partial charge in [-0.25, -0.2) is 4.98 Å². The molecule has 1 aliphatic heterocycles. The first-order valence-corrected chi connectivity index (χ1v) is 7.03. The minimum atomic E-state index is -0.0863. The maximum atomic E-state index is 12.1. The SMILES string of the molecule is Cc1nc(Br)ccc1NC(=O)C1CC(C)CCN1. The van der Waals surface area contributed by atoms with Gasteiger partial charge in [-0.05, 0) is 60.3 Å². The van der Waals surface area contributed by atoms with E-state index in [1.54, 1.807) is 0 Å². The molecule has 1 aromatic rings. The molecule has 1 aromatic heterocycles. The Kier molecular flexibility index (Phi) is 4.35. The molecule has 0 aliphatic carbocycles. The number of aryl methyl sites for hydroxylation is 1. The molecule has 18 heavy (non-hydrogen) atoms. The summed E-state index contributed by atoms with van der Waals surface area (Å²) in [6.45, 7) is 4.99. The summed E-state index contributed by atoms with van der Waals surface area (Å²) in [7, 11) is 0. The predicted octanol–water partition coefficient (Wildman–Crippen LogP) is 2.48. The van der Waals surface area contributed by atoms with E-state index < -0.39 is 0 Å². The Morgan fingerprint density at radius 3 is 3.00 bits per heavy atom. The van der Waals surface area contributed by atoms with Gasteiger partial charge in [-0.1, -0.05) is 6.92 Å². The van der Waals surface area contributed by atoms with E-state index >= 15 is 0 Å². The average molecular weight is 312 g/mol. The van der Waals surface area contributed by atoms with Crippen LogP contribution < -0.4 is 10.6 Å². The maximum absolute atomic E-state index is 12.1. The van der Waals surface area contributed by atoms with Crippen LogP contribution in [0.2, 0.25) is 0 Å². The van der Waals surface area contributed by atoms with E-state index in [1.807, 2.05) is 19.1 Å². The van der Waals surface area contributed by atoms with E-state index in [4.69, 9.17) is 0 Å². The number of nitrogens with one attached hydrogen (secondary N) is 2. The molecule has 1 saturated heterocycles. The van der Waals surface area contributed by atoms with E-state index in [2.05, 4.69) is 38.5 Å². The summed E-state index contributed by atoms with van der Waals surface area (Å²) in [6, 6.07) is 3.62. The number of piperidine rings is 1. The highest BCUT2D eigenvalue weighted by atomic mass is 79.9. The van der Waals surface area contributed by atoms with Crippen molar-refractivity contribution in [3.05, 3.63) is 22.4 Å². The molecule has 0 bridgehead atoms. The van der Waals surface area contributed by atoms with Crippen LogP contribution in [0, 0.1) is 12.8 Å². The molecule has 1 amide bonds. The second-order valence-electron chi connectivity index (χ2n) is 4.89. The molecule has 2 unspecified atom stereocenters. The fraction of sp³-hybridized carbons (Fsp3) is 0.538. The molecule has 0 aromatic carbocycles. The summed E-state index contributed by atoms with van der Waals surface area (Å²) in [6.07, 6.45) is 2.04. The van der Waals surface area contributed by atoms with Gasteiger partial charge >= 0.3 is 0 Å². The Balaban J connectivity index is 2.02. The van der Waals surface area contributed by atoms with Crippen molar-refractivity contribution in [2.24, 2.45) is 5.92 Å². The number of nitrogens with zero attached hydrogens (tertiary/aromatic N) is 1. The van der Waals surface area contributed by atoms with Crippen LogP contribution in [-0.2, 0) is 4.79 Å². The van der Waals surface area contributed by atoms with Gasteiger partial charge in [0.25, 0.3) is 0 Å². The van der Waals surface area contributed by atoms with Gasteiger partial charge in [-0.3, -0.25) is 4.79 Å². The van der Waals surface area contributed by atoms with Crippen molar-refractivity contribution in [3.63, 3.8) is 0 Å². The zero-order valence-electron chi connectivity index (χ0n) is 10.7. The first kappa shape index (κ1) is 13.5. The smallest absolute Gasteiger partial charge is 0.241 e. The van der Waals surface area contributed by atoms with E-state index in [9.17, 15) is 4.79 Å². The van der Waals surface area contributed by atoms with Crippen molar-refractivity contribution in [3.8, 4) is 0 Å². The molecule has 1 aliphatic rings. The largest absolute Gasteiger partial charge is 0.323 e. The molecule has 2 rings (SSSR count). The topological polar surface area (TPSA) is 54.0 Å². The Morgan fingerprint density at radius 2 is 2.33 bits per heavy atom. The lowest BCUT2D eigenvalue weighted by Gasteiger charge is -2.27. The maximum Gasteiger partial charge on any atom is 0.241 e. The third-order valence-electron chi connectivity index (χ3n) is 3.29. The first-order chi connectivity index (χ1) is 8.56. The monoisotopic (exact) mass is 311 g/mol. The van der Waals surface area contributed by atoms with E-state index in [-0.39, 0.29) is 11.9 Å². The third kappa shape index (κ3) is 3.29. The fourth-order valence-electron chi connectivity index (χ4n) is 2.19. The molecular formula is C13H18BrN3O. The van der Waals surface area contributed by atoms with Gasteiger partial charge in [0, 0.05) is 0 Å². The summed E-state index contributed by atoms with van der Waals surface area (Å²) in [5.41, 5.74) is 1.60.